The van der Waals surface area contributed by atoms with Gasteiger partial charge in [-0.25, -0.2) is 0 Å². The molecule has 20 valence electrons. The normalized spacial score (nSPS) is 4.00. The van der Waals surface area contributed by atoms with E-state index in [-0.39, 0.29) is 0 Å². The molecule has 0 nitrogen and oxygen atoms in total. The highest BCUT2D eigenvalue weighted by Crippen LogP contribution is 1.36. The SMILES string of the molecule is BC=C=C. The molecule has 0 bridgehead atoms. The minimum atomic E-state index is 1.76. The van der Waals surface area contributed by atoms with Crippen molar-refractivity contribution in [2.75, 3.05) is 0 Å². The molecule has 0 spiro atoms. The molecule has 0 unspecified atom stereocenters. The lowest BCUT2D eigenvalue weighted by Crippen LogP contribution is -1.33. The minimum absolute atomic E-state index is 1.76. The molecule has 4 heavy (non-hydrogen) atoms. The van der Waals surface area contributed by atoms with E-state index in [4.69, 9.17) is 0 Å². The van der Waals surface area contributed by atoms with Gasteiger partial charge in [0.2, 0.25) is 0 Å². The van der Waals surface area contributed by atoms with Crippen molar-refractivity contribution in [1.29, 1.82) is 0 Å². The molecule has 1 heteroatoms. The quantitative estimate of drug-likeness (QED) is 0.267. The first-order valence-corrected chi connectivity index (χ1v) is 1.22. The summed E-state index contributed by atoms with van der Waals surface area (Å²) in [5, 5.41) is 0. The highest BCUT2D eigenvalue weighted by Gasteiger charge is 1.28. The molecule has 0 saturated carbocycles. The van der Waals surface area contributed by atoms with E-state index in [2.05, 4.69) is 12.3 Å². The first-order chi connectivity index (χ1) is 1.91. The standard InChI is InChI=1S/C3H5B/c1-2-3-4/h3H,1,4H2. The Labute approximate surface area is 27.2 Å². The Bertz CT molecular complexity index is 41.2. The molecule has 0 aromatic rings. The average Bonchev–Trinajstić information content (AvgIpc) is 1.37. The maximum Gasteiger partial charge on any atom is 0.139 e. The van der Waals surface area contributed by atoms with Gasteiger partial charge in [0, 0.05) is 0 Å². The Morgan fingerprint density at radius 2 is 2.25 bits per heavy atom. The Morgan fingerprint density at radius 3 is 2.25 bits per heavy atom. The maximum atomic E-state index is 3.30. The van der Waals surface area contributed by atoms with E-state index >= 15 is 0 Å². The summed E-state index contributed by atoms with van der Waals surface area (Å²) in [4.78, 5) is 0. The second-order valence-electron chi connectivity index (χ2n) is 0.493. The fraction of sp³-hybridized carbons (Fsp3) is 0. The molecule has 0 aromatic heterocycles. The van der Waals surface area contributed by atoms with Gasteiger partial charge < -0.3 is 0 Å². The van der Waals surface area contributed by atoms with E-state index in [1.54, 1.807) is 5.98 Å². The number of rotatable bonds is 0. The summed E-state index contributed by atoms with van der Waals surface area (Å²) in [6, 6.07) is 0. The minimum Gasteiger partial charge on any atom is -0.143 e. The van der Waals surface area contributed by atoms with Crippen molar-refractivity contribution in [3.63, 3.8) is 0 Å². The van der Waals surface area contributed by atoms with Crippen LogP contribution in [0.3, 0.4) is 0 Å². The molecule has 0 radical (unpaired) electrons. The van der Waals surface area contributed by atoms with Crippen LogP contribution in [0.5, 0.6) is 0 Å². The van der Waals surface area contributed by atoms with Crippen LogP contribution in [0.25, 0.3) is 0 Å². The summed E-state index contributed by atoms with van der Waals surface area (Å²) in [6.07, 6.45) is 0. The largest absolute Gasteiger partial charge is 0.143 e. The maximum absolute atomic E-state index is 3.30. The topological polar surface area (TPSA) is 0 Å². The monoisotopic (exact) mass is 52.0 g/mol. The Morgan fingerprint density at radius 1 is 2.00 bits per heavy atom. The first kappa shape index (κ1) is 3.58. The second-order valence-corrected chi connectivity index (χ2v) is 0.493. The molecule has 0 amide bonds. The van der Waals surface area contributed by atoms with E-state index in [0.29, 0.717) is 0 Å². The third-order valence-electron chi connectivity index (χ3n) is 0.204. The highest BCUT2D eigenvalue weighted by molar-refractivity contribution is 6.16. The van der Waals surface area contributed by atoms with E-state index in [9.17, 15) is 0 Å². The Balaban J connectivity index is 3.11. The molecule has 0 aliphatic carbocycles. The summed E-state index contributed by atoms with van der Waals surface area (Å²) < 4.78 is 0. The smallest absolute Gasteiger partial charge is 0.139 e. The van der Waals surface area contributed by atoms with E-state index in [0.717, 1.165) is 0 Å². The highest BCUT2D eigenvalue weighted by atomic mass is 13.2. The van der Waals surface area contributed by atoms with Crippen LogP contribution in [-0.4, -0.2) is 7.85 Å². The molecule has 0 fully saturated rings. The van der Waals surface area contributed by atoms with Crippen LogP contribution in [0, 0.1) is 0 Å². The molecule has 0 heterocycles. The molecule has 0 rings (SSSR count). The third-order valence-corrected chi connectivity index (χ3v) is 0.204. The molecular weight excluding hydrogens is 46.8 g/mol. The van der Waals surface area contributed by atoms with Crippen molar-refractivity contribution >= 4 is 7.85 Å². The summed E-state index contributed by atoms with van der Waals surface area (Å²) in [7, 11) is 1.88. The van der Waals surface area contributed by atoms with Crippen LogP contribution in [0.4, 0.5) is 0 Å². The molecule has 0 aliphatic heterocycles. The van der Waals surface area contributed by atoms with Gasteiger partial charge in [-0.15, -0.1) is 5.73 Å². The van der Waals surface area contributed by atoms with Crippen LogP contribution < -0.4 is 0 Å². The third kappa shape index (κ3) is 1.58. The van der Waals surface area contributed by atoms with Gasteiger partial charge in [0.1, 0.15) is 7.85 Å². The Hall–Kier alpha value is -0.415. The van der Waals surface area contributed by atoms with Crippen molar-refractivity contribution in [3.05, 3.63) is 18.3 Å². The zero-order valence-electron chi connectivity index (χ0n) is 2.78. The number of hydrogen-bond acceptors (Lipinski definition) is 0. The van der Waals surface area contributed by atoms with Crippen molar-refractivity contribution in [2.45, 2.75) is 0 Å². The van der Waals surface area contributed by atoms with Crippen LogP contribution >= 0.6 is 0 Å². The van der Waals surface area contributed by atoms with Crippen LogP contribution in [-0.2, 0) is 0 Å². The second kappa shape index (κ2) is 2.58. The van der Waals surface area contributed by atoms with Crippen LogP contribution in [0.15, 0.2) is 18.3 Å². The van der Waals surface area contributed by atoms with Crippen LogP contribution in [0.1, 0.15) is 0 Å². The first-order valence-electron chi connectivity index (χ1n) is 1.22. The fourth-order valence-electron chi connectivity index (χ4n) is 0. The van der Waals surface area contributed by atoms with Crippen molar-refractivity contribution in [2.24, 2.45) is 0 Å². The summed E-state index contributed by atoms with van der Waals surface area (Å²) in [5.41, 5.74) is 2.56. The van der Waals surface area contributed by atoms with E-state index in [1.807, 2.05) is 7.85 Å². The lowest BCUT2D eigenvalue weighted by Gasteiger charge is -1.36. The molecule has 0 saturated heterocycles. The van der Waals surface area contributed by atoms with E-state index in [1.165, 1.54) is 0 Å². The zero-order valence-corrected chi connectivity index (χ0v) is 2.78. The van der Waals surface area contributed by atoms with Gasteiger partial charge in [-0.3, -0.25) is 0 Å². The predicted molar refractivity (Wildman–Crippen MR) is 22.3 cm³/mol. The van der Waals surface area contributed by atoms with Crippen molar-refractivity contribution in [3.8, 4) is 0 Å². The van der Waals surface area contributed by atoms with Gasteiger partial charge in [0.25, 0.3) is 0 Å². The van der Waals surface area contributed by atoms with Gasteiger partial charge >= 0.3 is 0 Å². The molecule has 0 aromatic carbocycles. The van der Waals surface area contributed by atoms with Gasteiger partial charge in [0.15, 0.2) is 0 Å². The summed E-state index contributed by atoms with van der Waals surface area (Å²) >= 11 is 0. The van der Waals surface area contributed by atoms with Crippen molar-refractivity contribution < 1.29 is 0 Å². The predicted octanol–water partition coefficient (Wildman–Crippen LogP) is -0.0819. The van der Waals surface area contributed by atoms with Gasteiger partial charge in [-0.1, -0.05) is 12.6 Å². The average molecular weight is 51.9 g/mol. The van der Waals surface area contributed by atoms with E-state index < -0.39 is 0 Å². The van der Waals surface area contributed by atoms with Gasteiger partial charge in [-0.2, -0.15) is 0 Å². The zero-order chi connectivity index (χ0) is 3.41. The molecular formula is C3H5B. The van der Waals surface area contributed by atoms with Crippen molar-refractivity contribution in [1.82, 2.24) is 0 Å². The number of hydrogen-bond donors (Lipinski definition) is 0. The molecule has 0 atom stereocenters. The fourth-order valence-corrected chi connectivity index (χ4v) is 0. The Kier molecular flexibility index (Phi) is 2.32. The molecule has 0 aliphatic rings. The lowest BCUT2D eigenvalue weighted by molar-refractivity contribution is 2.42. The summed E-state index contributed by atoms with van der Waals surface area (Å²) in [5.74, 6) is 1.76. The van der Waals surface area contributed by atoms with Gasteiger partial charge in [0.05, 0.1) is 0 Å². The van der Waals surface area contributed by atoms with Crippen LogP contribution in [0.2, 0.25) is 0 Å². The molecule has 0 N–H and O–H groups in total. The lowest BCUT2D eigenvalue weighted by atomic mass is 10.2. The van der Waals surface area contributed by atoms with Gasteiger partial charge in [-0.05, 0) is 0 Å². The summed E-state index contributed by atoms with van der Waals surface area (Å²) in [6.45, 7) is 3.30.